The zero-order chi connectivity index (χ0) is 17.8. The second kappa shape index (κ2) is 7.25. The van der Waals surface area contributed by atoms with Crippen LogP contribution < -0.4 is 9.47 Å². The molecule has 1 aromatic carbocycles. The summed E-state index contributed by atoms with van der Waals surface area (Å²) >= 11 is 0. The van der Waals surface area contributed by atoms with E-state index in [1.165, 1.54) is 0 Å². The summed E-state index contributed by atoms with van der Waals surface area (Å²) < 4.78 is 12.5. The Morgan fingerprint density at radius 2 is 2.04 bits per heavy atom. The third-order valence-electron chi connectivity index (χ3n) is 4.15. The van der Waals surface area contributed by atoms with Gasteiger partial charge in [-0.05, 0) is 31.2 Å². The molecule has 6 nitrogen and oxygen atoms in total. The average Bonchev–Trinajstić information content (AvgIpc) is 3.08. The molecule has 25 heavy (non-hydrogen) atoms. The van der Waals surface area contributed by atoms with Crippen molar-refractivity contribution in [3.05, 3.63) is 60.0 Å². The molecule has 0 atom stereocenters. The van der Waals surface area contributed by atoms with Crippen LogP contribution in [0.25, 0.3) is 5.65 Å². The van der Waals surface area contributed by atoms with Gasteiger partial charge in [0.2, 0.25) is 0 Å². The molecule has 2 aromatic heterocycles. The quantitative estimate of drug-likeness (QED) is 0.693. The Balaban J connectivity index is 1.89. The van der Waals surface area contributed by atoms with Crippen molar-refractivity contribution in [3.8, 4) is 11.5 Å². The highest BCUT2D eigenvalue weighted by atomic mass is 16.5. The van der Waals surface area contributed by atoms with Crippen molar-refractivity contribution in [1.82, 2.24) is 14.3 Å². The number of hydrogen-bond donors (Lipinski definition) is 0. The highest BCUT2D eigenvalue weighted by Crippen LogP contribution is 2.26. The van der Waals surface area contributed by atoms with Crippen LogP contribution in [-0.2, 0) is 6.54 Å². The second-order valence-corrected chi connectivity index (χ2v) is 5.56. The molecule has 0 saturated carbocycles. The van der Waals surface area contributed by atoms with E-state index in [4.69, 9.17) is 9.47 Å². The molecule has 1 amide bonds. The predicted molar refractivity (Wildman–Crippen MR) is 95.2 cm³/mol. The number of carbonyl (C=O) groups is 1. The van der Waals surface area contributed by atoms with E-state index in [0.717, 1.165) is 11.3 Å². The minimum Gasteiger partial charge on any atom is -0.497 e. The van der Waals surface area contributed by atoms with Gasteiger partial charge in [0.05, 0.1) is 38.2 Å². The maximum absolute atomic E-state index is 13.0. The van der Waals surface area contributed by atoms with E-state index in [-0.39, 0.29) is 5.91 Å². The summed E-state index contributed by atoms with van der Waals surface area (Å²) in [6, 6.07) is 11.0. The van der Waals surface area contributed by atoms with E-state index in [1.54, 1.807) is 43.5 Å². The van der Waals surface area contributed by atoms with Crippen LogP contribution in [0.5, 0.6) is 11.5 Å². The van der Waals surface area contributed by atoms with E-state index in [1.807, 2.05) is 35.7 Å². The highest BCUT2D eigenvalue weighted by molar-refractivity contribution is 5.97. The molecule has 0 aliphatic heterocycles. The summed E-state index contributed by atoms with van der Waals surface area (Å²) in [6.07, 6.45) is 3.75. The molecule has 0 saturated heterocycles. The van der Waals surface area contributed by atoms with Gasteiger partial charge < -0.3 is 18.8 Å². The van der Waals surface area contributed by atoms with Crippen LogP contribution in [-0.4, -0.2) is 41.0 Å². The van der Waals surface area contributed by atoms with Crippen LogP contribution >= 0.6 is 0 Å². The van der Waals surface area contributed by atoms with Crippen molar-refractivity contribution in [3.63, 3.8) is 0 Å². The van der Waals surface area contributed by atoms with Gasteiger partial charge in [-0.1, -0.05) is 6.07 Å². The number of hydrogen-bond acceptors (Lipinski definition) is 4. The maximum atomic E-state index is 13.0. The Labute approximate surface area is 146 Å². The largest absolute Gasteiger partial charge is 0.497 e. The van der Waals surface area contributed by atoms with Gasteiger partial charge in [-0.25, -0.2) is 4.98 Å². The third kappa shape index (κ3) is 3.28. The van der Waals surface area contributed by atoms with Crippen molar-refractivity contribution >= 4 is 11.6 Å². The van der Waals surface area contributed by atoms with E-state index in [9.17, 15) is 4.79 Å². The molecule has 0 spiro atoms. The number of nitrogens with zero attached hydrogens (tertiary/aromatic N) is 3. The molecule has 0 unspecified atom stereocenters. The smallest absolute Gasteiger partial charge is 0.257 e. The van der Waals surface area contributed by atoms with Crippen molar-refractivity contribution in [2.45, 2.75) is 13.5 Å². The standard InChI is InChI=1S/C19H21N3O3/c1-4-21(13-14-12-20-18-7-5-6-10-22(14)18)19(23)16-9-8-15(24-2)11-17(16)25-3/h5-12H,4,13H2,1-3H3. The van der Waals surface area contributed by atoms with Crippen LogP contribution in [0.2, 0.25) is 0 Å². The first-order chi connectivity index (χ1) is 12.2. The molecule has 0 N–H and O–H groups in total. The molecule has 2 heterocycles. The summed E-state index contributed by atoms with van der Waals surface area (Å²) in [7, 11) is 3.13. The Hall–Kier alpha value is -3.02. The molecular formula is C19H21N3O3. The van der Waals surface area contributed by atoms with Gasteiger partial charge in [-0.2, -0.15) is 0 Å². The summed E-state index contributed by atoms with van der Waals surface area (Å²) in [5, 5.41) is 0. The van der Waals surface area contributed by atoms with Crippen molar-refractivity contribution in [2.75, 3.05) is 20.8 Å². The van der Waals surface area contributed by atoms with E-state index < -0.39 is 0 Å². The first-order valence-electron chi connectivity index (χ1n) is 8.10. The van der Waals surface area contributed by atoms with Gasteiger partial charge in [0, 0.05) is 18.8 Å². The van der Waals surface area contributed by atoms with Crippen LogP contribution in [0.1, 0.15) is 23.0 Å². The molecular weight excluding hydrogens is 318 g/mol. The Bertz CT molecular complexity index is 889. The summed E-state index contributed by atoms with van der Waals surface area (Å²) in [4.78, 5) is 19.1. The first-order valence-corrected chi connectivity index (χ1v) is 8.10. The number of benzene rings is 1. The lowest BCUT2D eigenvalue weighted by Gasteiger charge is -2.22. The van der Waals surface area contributed by atoms with Crippen LogP contribution in [0.3, 0.4) is 0 Å². The molecule has 6 heteroatoms. The molecule has 0 fully saturated rings. The Morgan fingerprint density at radius 1 is 1.20 bits per heavy atom. The zero-order valence-corrected chi connectivity index (χ0v) is 14.6. The number of amides is 1. The first kappa shape index (κ1) is 16.8. The van der Waals surface area contributed by atoms with Crippen molar-refractivity contribution in [1.29, 1.82) is 0 Å². The summed E-state index contributed by atoms with van der Waals surface area (Å²) in [5.74, 6) is 1.06. The molecule has 3 rings (SSSR count). The van der Waals surface area contributed by atoms with Gasteiger partial charge in [0.25, 0.3) is 5.91 Å². The number of fused-ring (bicyclic) bond motifs is 1. The molecule has 0 bridgehead atoms. The highest BCUT2D eigenvalue weighted by Gasteiger charge is 2.20. The van der Waals surface area contributed by atoms with Gasteiger partial charge in [-0.3, -0.25) is 4.79 Å². The zero-order valence-electron chi connectivity index (χ0n) is 14.6. The number of aromatic nitrogens is 2. The Kier molecular flexibility index (Phi) is 4.88. The molecule has 0 aliphatic carbocycles. The van der Waals surface area contributed by atoms with Crippen LogP contribution in [0.4, 0.5) is 0 Å². The lowest BCUT2D eigenvalue weighted by atomic mass is 10.1. The van der Waals surface area contributed by atoms with E-state index in [2.05, 4.69) is 4.98 Å². The maximum Gasteiger partial charge on any atom is 0.257 e. The van der Waals surface area contributed by atoms with Gasteiger partial charge in [0.1, 0.15) is 17.1 Å². The van der Waals surface area contributed by atoms with Crippen molar-refractivity contribution in [2.24, 2.45) is 0 Å². The van der Waals surface area contributed by atoms with E-state index >= 15 is 0 Å². The molecule has 3 aromatic rings. The summed E-state index contributed by atoms with van der Waals surface area (Å²) in [6.45, 7) is 3.00. The lowest BCUT2D eigenvalue weighted by molar-refractivity contribution is 0.0747. The predicted octanol–water partition coefficient (Wildman–Crippen LogP) is 3.01. The fourth-order valence-electron chi connectivity index (χ4n) is 2.77. The number of rotatable bonds is 6. The van der Waals surface area contributed by atoms with Crippen LogP contribution in [0, 0.1) is 0 Å². The monoisotopic (exact) mass is 339 g/mol. The molecule has 130 valence electrons. The normalized spacial score (nSPS) is 10.7. The van der Waals surface area contributed by atoms with E-state index in [0.29, 0.717) is 30.2 Å². The fraction of sp³-hybridized carbons (Fsp3) is 0.263. The van der Waals surface area contributed by atoms with Gasteiger partial charge in [-0.15, -0.1) is 0 Å². The number of ether oxygens (including phenoxy) is 2. The Morgan fingerprint density at radius 3 is 2.76 bits per heavy atom. The fourth-order valence-corrected chi connectivity index (χ4v) is 2.77. The lowest BCUT2D eigenvalue weighted by Crippen LogP contribution is -2.31. The number of imidazole rings is 1. The van der Waals surface area contributed by atoms with Crippen molar-refractivity contribution < 1.29 is 14.3 Å². The second-order valence-electron chi connectivity index (χ2n) is 5.56. The SMILES string of the molecule is CCN(Cc1cnc2ccccn12)C(=O)c1ccc(OC)cc1OC. The molecule has 0 radical (unpaired) electrons. The number of carbonyl (C=O) groups excluding carboxylic acids is 1. The van der Waals surface area contributed by atoms with Gasteiger partial charge >= 0.3 is 0 Å². The summed E-state index contributed by atoms with van der Waals surface area (Å²) in [5.41, 5.74) is 2.33. The average molecular weight is 339 g/mol. The third-order valence-corrected chi connectivity index (χ3v) is 4.15. The topological polar surface area (TPSA) is 56.1 Å². The molecule has 0 aliphatic rings. The minimum absolute atomic E-state index is 0.0899. The number of pyridine rings is 1. The van der Waals surface area contributed by atoms with Gasteiger partial charge in [0.15, 0.2) is 0 Å². The van der Waals surface area contributed by atoms with Crippen LogP contribution in [0.15, 0.2) is 48.8 Å². The minimum atomic E-state index is -0.0899. The number of methoxy groups -OCH3 is 2.